The van der Waals surface area contributed by atoms with Crippen molar-refractivity contribution in [3.05, 3.63) is 56.1 Å². The summed E-state index contributed by atoms with van der Waals surface area (Å²) >= 11 is 24.2. The average molecular weight is 416 g/mol. The van der Waals surface area contributed by atoms with Crippen molar-refractivity contribution in [2.24, 2.45) is 0 Å². The molecule has 0 saturated carbocycles. The summed E-state index contributed by atoms with van der Waals surface area (Å²) in [5.74, 6) is 1.19. The quantitative estimate of drug-likeness (QED) is 0.369. The van der Waals surface area contributed by atoms with Crippen LogP contribution in [-0.4, -0.2) is 9.97 Å². The molecule has 2 aromatic carbocycles. The summed E-state index contributed by atoms with van der Waals surface area (Å²) in [7, 11) is 0. The molecule has 128 valence electrons. The third-order valence-electron chi connectivity index (χ3n) is 3.69. The molecule has 0 radical (unpaired) electrons. The van der Waals surface area contributed by atoms with Crippen LogP contribution in [-0.2, 0) is 12.8 Å². The van der Waals surface area contributed by atoms with E-state index in [2.05, 4.69) is 9.97 Å². The number of aryl methyl sites for hydroxylation is 2. The molecule has 0 amide bonds. The van der Waals surface area contributed by atoms with E-state index in [1.807, 2.05) is 0 Å². The maximum atomic E-state index is 6.11. The second-order valence-corrected chi connectivity index (χ2v) is 7.23. The summed E-state index contributed by atoms with van der Waals surface area (Å²) < 4.78 is 11.4. The van der Waals surface area contributed by atoms with Crippen LogP contribution in [0.15, 0.2) is 33.1 Å². The fourth-order valence-corrected chi connectivity index (χ4v) is 3.66. The summed E-state index contributed by atoms with van der Waals surface area (Å²) in [6, 6.07) is 6.71. The number of rotatable bonds is 4. The Kier molecular flexibility index (Phi) is 4.54. The molecule has 0 unspecified atom stereocenters. The number of nitrogens with zero attached hydrogens (tertiary/aromatic N) is 2. The van der Waals surface area contributed by atoms with Crippen molar-refractivity contribution in [1.82, 2.24) is 9.97 Å². The van der Waals surface area contributed by atoms with Crippen LogP contribution in [0.25, 0.3) is 22.2 Å². The zero-order valence-electron chi connectivity index (χ0n) is 12.7. The van der Waals surface area contributed by atoms with E-state index in [0.29, 0.717) is 66.9 Å². The predicted octanol–water partition coefficient (Wildman–Crippen LogP) is 6.76. The van der Waals surface area contributed by atoms with Crippen LogP contribution >= 0.6 is 46.4 Å². The molecule has 0 aliphatic rings. The minimum absolute atomic E-state index is 0.451. The maximum Gasteiger partial charge on any atom is 0.195 e. The highest BCUT2D eigenvalue weighted by Gasteiger charge is 2.13. The van der Waals surface area contributed by atoms with Gasteiger partial charge in [-0.3, -0.25) is 0 Å². The van der Waals surface area contributed by atoms with Gasteiger partial charge in [0.1, 0.15) is 11.0 Å². The first-order valence-corrected chi connectivity index (χ1v) is 9.00. The summed E-state index contributed by atoms with van der Waals surface area (Å²) in [6.07, 6.45) is 1.99. The highest BCUT2D eigenvalue weighted by molar-refractivity contribution is 6.38. The van der Waals surface area contributed by atoms with Gasteiger partial charge < -0.3 is 8.83 Å². The van der Waals surface area contributed by atoms with Crippen LogP contribution < -0.4 is 0 Å². The number of aromatic nitrogens is 2. The second kappa shape index (κ2) is 6.69. The molecule has 0 spiro atoms. The lowest BCUT2D eigenvalue weighted by molar-refractivity contribution is 0.490. The number of hydrogen-bond donors (Lipinski definition) is 0. The molecule has 0 bridgehead atoms. The monoisotopic (exact) mass is 414 g/mol. The van der Waals surface area contributed by atoms with Gasteiger partial charge in [0.25, 0.3) is 0 Å². The van der Waals surface area contributed by atoms with Crippen LogP contribution in [0.2, 0.25) is 20.1 Å². The van der Waals surface area contributed by atoms with Gasteiger partial charge in [-0.1, -0.05) is 46.4 Å². The molecule has 8 heteroatoms. The number of fused-ring (bicyclic) bond motifs is 2. The Morgan fingerprint density at radius 1 is 0.680 bits per heavy atom. The normalized spacial score (nSPS) is 11.7. The lowest BCUT2D eigenvalue weighted by Gasteiger charge is -1.94. The highest BCUT2D eigenvalue weighted by atomic mass is 35.5. The molecule has 2 aromatic heterocycles. The van der Waals surface area contributed by atoms with Gasteiger partial charge in [-0.05, 0) is 30.7 Å². The highest BCUT2D eigenvalue weighted by Crippen LogP contribution is 2.30. The molecule has 0 saturated heterocycles. The van der Waals surface area contributed by atoms with Gasteiger partial charge in [-0.2, -0.15) is 0 Å². The zero-order valence-corrected chi connectivity index (χ0v) is 15.7. The number of halogens is 4. The first-order valence-electron chi connectivity index (χ1n) is 7.48. The van der Waals surface area contributed by atoms with Crippen LogP contribution in [0.5, 0.6) is 0 Å². The molecular weight excluding hydrogens is 406 g/mol. The first kappa shape index (κ1) is 17.0. The van der Waals surface area contributed by atoms with E-state index in [1.54, 1.807) is 24.3 Å². The molecule has 2 heterocycles. The van der Waals surface area contributed by atoms with Crippen molar-refractivity contribution < 1.29 is 8.83 Å². The smallest absolute Gasteiger partial charge is 0.195 e. The van der Waals surface area contributed by atoms with Crippen molar-refractivity contribution in [2.75, 3.05) is 0 Å². The van der Waals surface area contributed by atoms with Gasteiger partial charge in [0.15, 0.2) is 22.9 Å². The summed E-state index contributed by atoms with van der Waals surface area (Å²) in [5, 5.41) is 1.96. The van der Waals surface area contributed by atoms with Crippen molar-refractivity contribution in [3.8, 4) is 0 Å². The fraction of sp³-hybridized carbons (Fsp3) is 0.176. The molecule has 0 N–H and O–H groups in total. The number of oxazole rings is 2. The SMILES string of the molecule is Clc1cc(Cl)c2oc(CCCc3nc4cc(Cl)cc(Cl)c4o3)nc2c1. The average Bonchev–Trinajstić information content (AvgIpc) is 3.11. The minimum Gasteiger partial charge on any atom is -0.439 e. The lowest BCUT2D eigenvalue weighted by Crippen LogP contribution is -1.90. The van der Waals surface area contributed by atoms with Crippen LogP contribution in [0.1, 0.15) is 18.2 Å². The molecule has 0 aliphatic heterocycles. The standard InChI is InChI=1S/C17H10Cl4N2O2/c18-8-4-10(20)16-12(6-8)22-14(24-16)2-1-3-15-23-13-7-9(19)5-11(21)17(13)25-15/h4-7H,1-3H2. The Morgan fingerprint density at radius 3 is 1.56 bits per heavy atom. The van der Waals surface area contributed by atoms with E-state index in [9.17, 15) is 0 Å². The second-order valence-electron chi connectivity index (χ2n) is 5.54. The van der Waals surface area contributed by atoms with Gasteiger partial charge in [0, 0.05) is 22.9 Å². The van der Waals surface area contributed by atoms with E-state index in [1.165, 1.54) is 0 Å². The Morgan fingerprint density at radius 2 is 1.12 bits per heavy atom. The fourth-order valence-electron chi connectivity index (χ4n) is 2.62. The topological polar surface area (TPSA) is 52.1 Å². The minimum atomic E-state index is 0.451. The van der Waals surface area contributed by atoms with Crippen LogP contribution in [0, 0.1) is 0 Å². The molecule has 4 rings (SSSR count). The molecular formula is C17H10Cl4N2O2. The third-order valence-corrected chi connectivity index (χ3v) is 4.69. The predicted molar refractivity (Wildman–Crippen MR) is 100 cm³/mol. The van der Waals surface area contributed by atoms with Gasteiger partial charge >= 0.3 is 0 Å². The van der Waals surface area contributed by atoms with Gasteiger partial charge in [-0.25, -0.2) is 9.97 Å². The molecule has 0 aliphatic carbocycles. The summed E-state index contributed by atoms with van der Waals surface area (Å²) in [4.78, 5) is 8.82. The van der Waals surface area contributed by atoms with E-state index in [-0.39, 0.29) is 0 Å². The number of benzene rings is 2. The van der Waals surface area contributed by atoms with Crippen molar-refractivity contribution in [1.29, 1.82) is 0 Å². The molecule has 0 atom stereocenters. The largest absolute Gasteiger partial charge is 0.439 e. The Hall–Kier alpha value is -1.46. The van der Waals surface area contributed by atoms with Crippen molar-refractivity contribution >= 4 is 68.6 Å². The van der Waals surface area contributed by atoms with E-state index in [4.69, 9.17) is 55.2 Å². The lowest BCUT2D eigenvalue weighted by atomic mass is 10.2. The maximum absolute atomic E-state index is 6.11. The van der Waals surface area contributed by atoms with E-state index in [0.717, 1.165) is 6.42 Å². The molecule has 4 aromatic rings. The van der Waals surface area contributed by atoms with Crippen LogP contribution in [0.3, 0.4) is 0 Å². The van der Waals surface area contributed by atoms with E-state index < -0.39 is 0 Å². The van der Waals surface area contributed by atoms with Crippen LogP contribution in [0.4, 0.5) is 0 Å². The van der Waals surface area contributed by atoms with E-state index >= 15 is 0 Å². The van der Waals surface area contributed by atoms with Crippen molar-refractivity contribution in [2.45, 2.75) is 19.3 Å². The number of hydrogen-bond acceptors (Lipinski definition) is 4. The molecule has 0 fully saturated rings. The molecule has 25 heavy (non-hydrogen) atoms. The summed E-state index contributed by atoms with van der Waals surface area (Å²) in [5.41, 5.74) is 2.39. The Balaban J connectivity index is 1.49. The van der Waals surface area contributed by atoms with Crippen molar-refractivity contribution in [3.63, 3.8) is 0 Å². The van der Waals surface area contributed by atoms with Gasteiger partial charge in [0.05, 0.1) is 10.0 Å². The molecule has 4 nitrogen and oxygen atoms in total. The third kappa shape index (κ3) is 3.44. The Bertz CT molecular complexity index is 1000. The zero-order chi connectivity index (χ0) is 17.6. The summed E-state index contributed by atoms with van der Waals surface area (Å²) in [6.45, 7) is 0. The Labute approximate surface area is 162 Å². The van der Waals surface area contributed by atoms with Gasteiger partial charge in [-0.15, -0.1) is 0 Å². The van der Waals surface area contributed by atoms with Gasteiger partial charge in [0.2, 0.25) is 0 Å². The first-order chi connectivity index (χ1) is 12.0.